The molecule has 5 rings (SSSR count). The number of nitrogens with zero attached hydrogens (tertiary/aromatic N) is 3. The van der Waals surface area contributed by atoms with Gasteiger partial charge in [0.2, 0.25) is 0 Å². The van der Waals surface area contributed by atoms with Gasteiger partial charge in [0.1, 0.15) is 5.65 Å². The quantitative estimate of drug-likeness (QED) is 0.431. The number of aryl methyl sites for hydroxylation is 1. The Morgan fingerprint density at radius 2 is 1.66 bits per heavy atom. The number of H-pyrrole nitrogens is 2. The van der Waals surface area contributed by atoms with E-state index in [1.807, 2.05) is 61.5 Å². The van der Waals surface area contributed by atoms with Crippen LogP contribution in [0, 0.1) is 6.92 Å². The van der Waals surface area contributed by atoms with E-state index in [4.69, 9.17) is 0 Å². The summed E-state index contributed by atoms with van der Waals surface area (Å²) in [4.78, 5) is 34.2. The van der Waals surface area contributed by atoms with Gasteiger partial charge in [-0.3, -0.25) is 14.8 Å². The Balaban J connectivity index is 2.01. The first-order chi connectivity index (χ1) is 14.0. The van der Waals surface area contributed by atoms with Gasteiger partial charge >= 0.3 is 5.69 Å². The molecule has 0 aliphatic heterocycles. The highest BCUT2D eigenvalue weighted by atomic mass is 79.9. The lowest BCUT2D eigenvalue weighted by Crippen LogP contribution is -2.23. The number of fused-ring (bicyclic) bond motifs is 2. The highest BCUT2D eigenvalue weighted by Crippen LogP contribution is 2.35. The summed E-state index contributed by atoms with van der Waals surface area (Å²) >= 11 is 3.45. The van der Waals surface area contributed by atoms with E-state index in [-0.39, 0.29) is 5.65 Å². The molecule has 2 N–H and O–H groups in total. The summed E-state index contributed by atoms with van der Waals surface area (Å²) in [5, 5.41) is 5.77. The predicted octanol–water partition coefficient (Wildman–Crippen LogP) is 3.69. The molecule has 3 heterocycles. The highest BCUT2D eigenvalue weighted by molar-refractivity contribution is 9.10. The molecule has 0 aliphatic rings. The number of rotatable bonds is 2. The van der Waals surface area contributed by atoms with Gasteiger partial charge in [-0.25, -0.2) is 14.5 Å². The fourth-order valence-electron chi connectivity index (χ4n) is 3.59. The van der Waals surface area contributed by atoms with Gasteiger partial charge in [0.25, 0.3) is 5.56 Å². The van der Waals surface area contributed by atoms with E-state index in [1.54, 1.807) is 4.68 Å². The largest absolute Gasteiger partial charge is 0.327 e. The first-order valence-corrected chi connectivity index (χ1v) is 9.69. The van der Waals surface area contributed by atoms with Crippen LogP contribution in [-0.4, -0.2) is 24.7 Å². The molecule has 0 fully saturated rings. The number of benzene rings is 2. The van der Waals surface area contributed by atoms with Crippen LogP contribution in [0.15, 0.2) is 68.7 Å². The smallest absolute Gasteiger partial charge is 0.291 e. The summed E-state index contributed by atoms with van der Waals surface area (Å²) in [7, 11) is 0. The maximum Gasteiger partial charge on any atom is 0.327 e. The molecule has 8 heteroatoms. The Labute approximate surface area is 172 Å². The molecule has 0 amide bonds. The van der Waals surface area contributed by atoms with Gasteiger partial charge in [0.15, 0.2) is 5.65 Å². The Morgan fingerprint density at radius 3 is 2.38 bits per heavy atom. The van der Waals surface area contributed by atoms with Crippen molar-refractivity contribution in [1.82, 2.24) is 24.7 Å². The topological polar surface area (TPSA) is 96.4 Å². The van der Waals surface area contributed by atoms with E-state index in [0.717, 1.165) is 26.8 Å². The third-order valence-electron chi connectivity index (χ3n) is 4.81. The minimum atomic E-state index is -0.599. The second-order valence-corrected chi connectivity index (χ2v) is 7.57. The number of hydrogen-bond donors (Lipinski definition) is 2. The van der Waals surface area contributed by atoms with Gasteiger partial charge < -0.3 is 0 Å². The zero-order valence-corrected chi connectivity index (χ0v) is 16.8. The number of para-hydroxylation sites is 1. The Hall–Kier alpha value is -3.52. The van der Waals surface area contributed by atoms with E-state index in [2.05, 4.69) is 36.0 Å². The molecule has 5 aromatic rings. The van der Waals surface area contributed by atoms with Gasteiger partial charge in [-0.2, -0.15) is 5.10 Å². The fourth-order valence-corrected chi connectivity index (χ4v) is 3.85. The van der Waals surface area contributed by atoms with Crippen molar-refractivity contribution < 1.29 is 0 Å². The SMILES string of the molecule is Cc1nn(-c2ccccc2)c2nc3[nH]c(=O)[nH]c(=O)c3c(-c3ccc(Br)cc3)c12. The van der Waals surface area contributed by atoms with Crippen molar-refractivity contribution in [2.45, 2.75) is 6.92 Å². The fraction of sp³-hybridized carbons (Fsp3) is 0.0476. The van der Waals surface area contributed by atoms with Crippen molar-refractivity contribution in [3.63, 3.8) is 0 Å². The monoisotopic (exact) mass is 447 g/mol. The number of halogens is 1. The molecule has 0 bridgehead atoms. The van der Waals surface area contributed by atoms with E-state index < -0.39 is 11.2 Å². The van der Waals surface area contributed by atoms with E-state index in [1.165, 1.54) is 0 Å². The zero-order chi connectivity index (χ0) is 20.1. The Morgan fingerprint density at radius 1 is 0.931 bits per heavy atom. The average molecular weight is 448 g/mol. The van der Waals surface area contributed by atoms with Crippen molar-refractivity contribution in [2.75, 3.05) is 0 Å². The van der Waals surface area contributed by atoms with Crippen LogP contribution in [0.4, 0.5) is 0 Å². The standard InChI is InChI=1S/C21H14BrN5O2/c1-11-15-16(12-7-9-13(22)10-8-12)17-18(24-21(29)25-20(17)28)23-19(15)27(26-11)14-5-3-2-4-6-14/h2-10H,1H3,(H2,23,24,25,28,29). The summed E-state index contributed by atoms with van der Waals surface area (Å²) in [6.45, 7) is 1.89. The summed E-state index contributed by atoms with van der Waals surface area (Å²) in [6.07, 6.45) is 0. The first-order valence-electron chi connectivity index (χ1n) is 8.90. The lowest BCUT2D eigenvalue weighted by atomic mass is 9.99. The third kappa shape index (κ3) is 2.80. The van der Waals surface area contributed by atoms with Crippen molar-refractivity contribution in [3.8, 4) is 16.8 Å². The van der Waals surface area contributed by atoms with Crippen LogP contribution in [0.25, 0.3) is 38.9 Å². The molecule has 0 aliphatic carbocycles. The molecule has 0 atom stereocenters. The maximum atomic E-state index is 12.7. The predicted molar refractivity (Wildman–Crippen MR) is 115 cm³/mol. The molecule has 142 valence electrons. The molecular formula is C21H14BrN5O2. The second-order valence-electron chi connectivity index (χ2n) is 6.66. The second kappa shape index (κ2) is 6.52. The lowest BCUT2D eigenvalue weighted by molar-refractivity contribution is 0.878. The normalized spacial score (nSPS) is 11.4. The number of pyridine rings is 1. The minimum Gasteiger partial charge on any atom is -0.291 e. The molecule has 0 saturated carbocycles. The molecule has 0 saturated heterocycles. The Kier molecular flexibility index (Phi) is 3.95. The van der Waals surface area contributed by atoms with Crippen molar-refractivity contribution >= 4 is 38.0 Å². The van der Waals surface area contributed by atoms with Crippen LogP contribution >= 0.6 is 15.9 Å². The van der Waals surface area contributed by atoms with Gasteiger partial charge in [-0.15, -0.1) is 0 Å². The molecule has 7 nitrogen and oxygen atoms in total. The number of nitrogens with one attached hydrogen (secondary N) is 2. The van der Waals surface area contributed by atoms with Crippen LogP contribution < -0.4 is 11.2 Å². The van der Waals surface area contributed by atoms with Gasteiger partial charge in [-0.05, 0) is 36.8 Å². The molecule has 3 aromatic heterocycles. The van der Waals surface area contributed by atoms with E-state index >= 15 is 0 Å². The van der Waals surface area contributed by atoms with Crippen LogP contribution in [0.5, 0.6) is 0 Å². The van der Waals surface area contributed by atoms with Crippen LogP contribution in [0.1, 0.15) is 5.69 Å². The molecule has 0 spiro atoms. The Bertz CT molecular complexity index is 1500. The molecular weight excluding hydrogens is 434 g/mol. The van der Waals surface area contributed by atoms with Crippen LogP contribution in [-0.2, 0) is 0 Å². The summed E-state index contributed by atoms with van der Waals surface area (Å²) in [6, 6.07) is 17.3. The van der Waals surface area contributed by atoms with Crippen molar-refractivity contribution in [1.29, 1.82) is 0 Å². The zero-order valence-electron chi connectivity index (χ0n) is 15.2. The van der Waals surface area contributed by atoms with E-state index in [9.17, 15) is 9.59 Å². The van der Waals surface area contributed by atoms with Crippen LogP contribution in [0.2, 0.25) is 0 Å². The van der Waals surface area contributed by atoms with Crippen molar-refractivity contribution in [2.24, 2.45) is 0 Å². The van der Waals surface area contributed by atoms with Crippen LogP contribution in [0.3, 0.4) is 0 Å². The molecule has 0 unspecified atom stereocenters. The van der Waals surface area contributed by atoms with E-state index in [0.29, 0.717) is 16.6 Å². The number of aromatic nitrogens is 5. The van der Waals surface area contributed by atoms with Gasteiger partial charge in [0, 0.05) is 10.0 Å². The average Bonchev–Trinajstić information content (AvgIpc) is 3.04. The third-order valence-corrected chi connectivity index (χ3v) is 5.34. The van der Waals surface area contributed by atoms with Gasteiger partial charge in [-0.1, -0.05) is 46.3 Å². The molecule has 2 aromatic carbocycles. The highest BCUT2D eigenvalue weighted by Gasteiger charge is 2.21. The maximum absolute atomic E-state index is 12.7. The number of hydrogen-bond acceptors (Lipinski definition) is 4. The molecule has 29 heavy (non-hydrogen) atoms. The number of aromatic amines is 2. The minimum absolute atomic E-state index is 0.223. The van der Waals surface area contributed by atoms with Gasteiger partial charge in [0.05, 0.1) is 22.2 Å². The lowest BCUT2D eigenvalue weighted by Gasteiger charge is -2.09. The molecule has 0 radical (unpaired) electrons. The summed E-state index contributed by atoms with van der Waals surface area (Å²) in [5.41, 5.74) is 2.81. The van der Waals surface area contributed by atoms with Crippen molar-refractivity contribution in [3.05, 3.63) is 85.6 Å². The summed E-state index contributed by atoms with van der Waals surface area (Å²) in [5.74, 6) is 0. The first kappa shape index (κ1) is 17.6. The summed E-state index contributed by atoms with van der Waals surface area (Å²) < 4.78 is 2.65.